The second-order valence-corrected chi connectivity index (χ2v) is 6.44. The molecule has 3 rings (SSSR count). The molecule has 0 radical (unpaired) electrons. The van der Waals surface area contributed by atoms with Gasteiger partial charge in [-0.1, -0.05) is 6.07 Å². The summed E-state index contributed by atoms with van der Waals surface area (Å²) in [7, 11) is 3.13. The van der Waals surface area contributed by atoms with Crippen LogP contribution in [0.5, 0.6) is 17.2 Å². The first-order chi connectivity index (χ1) is 13.7. The monoisotopic (exact) mass is 386 g/mol. The zero-order chi connectivity index (χ0) is 19.8. The molecule has 1 aliphatic rings. The van der Waals surface area contributed by atoms with Crippen LogP contribution in [-0.4, -0.2) is 46.0 Å². The van der Waals surface area contributed by atoms with E-state index in [1.165, 1.54) is 0 Å². The summed E-state index contributed by atoms with van der Waals surface area (Å²) in [6.45, 7) is 1.46. The summed E-state index contributed by atoms with van der Waals surface area (Å²) in [5.41, 5.74) is 1.36. The Kier molecular flexibility index (Phi) is 6.97. The summed E-state index contributed by atoms with van der Waals surface area (Å²) in [4.78, 5) is 12.3. The molecule has 7 heteroatoms. The highest BCUT2D eigenvalue weighted by atomic mass is 16.5. The van der Waals surface area contributed by atoms with E-state index in [1.54, 1.807) is 32.4 Å². The number of carbonyl (C=O) groups excluding carboxylic acids is 1. The Morgan fingerprint density at radius 1 is 1.14 bits per heavy atom. The highest BCUT2D eigenvalue weighted by molar-refractivity contribution is 5.95. The number of rotatable bonds is 9. The zero-order valence-corrected chi connectivity index (χ0v) is 16.2. The largest absolute Gasteiger partial charge is 0.497 e. The van der Waals surface area contributed by atoms with Crippen molar-refractivity contribution in [3.05, 3.63) is 42.5 Å². The zero-order valence-electron chi connectivity index (χ0n) is 16.2. The van der Waals surface area contributed by atoms with E-state index in [2.05, 4.69) is 10.6 Å². The summed E-state index contributed by atoms with van der Waals surface area (Å²) in [6, 6.07) is 12.8. The van der Waals surface area contributed by atoms with Gasteiger partial charge < -0.3 is 29.6 Å². The Morgan fingerprint density at radius 2 is 2.04 bits per heavy atom. The van der Waals surface area contributed by atoms with Gasteiger partial charge >= 0.3 is 0 Å². The lowest BCUT2D eigenvalue weighted by molar-refractivity contribution is -0.114. The van der Waals surface area contributed by atoms with Gasteiger partial charge in [-0.25, -0.2) is 0 Å². The molecule has 0 aromatic heterocycles. The van der Waals surface area contributed by atoms with Crippen molar-refractivity contribution in [1.82, 2.24) is 0 Å². The molecule has 1 heterocycles. The van der Waals surface area contributed by atoms with Gasteiger partial charge in [0.25, 0.3) is 0 Å². The molecule has 0 saturated carbocycles. The molecule has 28 heavy (non-hydrogen) atoms. The van der Waals surface area contributed by atoms with Gasteiger partial charge in [-0.2, -0.15) is 0 Å². The van der Waals surface area contributed by atoms with Crippen LogP contribution in [0.2, 0.25) is 0 Å². The predicted octanol–water partition coefficient (Wildman–Crippen LogP) is 3.31. The summed E-state index contributed by atoms with van der Waals surface area (Å²) in [5, 5.41) is 5.93. The van der Waals surface area contributed by atoms with Crippen molar-refractivity contribution in [2.45, 2.75) is 18.9 Å². The van der Waals surface area contributed by atoms with Crippen molar-refractivity contribution in [3.63, 3.8) is 0 Å². The van der Waals surface area contributed by atoms with E-state index in [9.17, 15) is 4.79 Å². The van der Waals surface area contributed by atoms with Crippen LogP contribution in [0.4, 0.5) is 11.4 Å². The molecule has 2 N–H and O–H groups in total. The second kappa shape index (κ2) is 9.85. The molecule has 1 aliphatic heterocycles. The van der Waals surface area contributed by atoms with Gasteiger partial charge in [0.05, 0.1) is 32.6 Å². The number of hydrogen-bond acceptors (Lipinski definition) is 6. The third-order valence-corrected chi connectivity index (χ3v) is 4.43. The van der Waals surface area contributed by atoms with Crippen molar-refractivity contribution in [1.29, 1.82) is 0 Å². The van der Waals surface area contributed by atoms with Crippen LogP contribution in [0, 0.1) is 0 Å². The van der Waals surface area contributed by atoms with Crippen LogP contribution in [0.25, 0.3) is 0 Å². The predicted molar refractivity (Wildman–Crippen MR) is 108 cm³/mol. The first-order valence-electron chi connectivity index (χ1n) is 9.28. The molecule has 7 nitrogen and oxygen atoms in total. The molecular formula is C21H26N2O5. The minimum atomic E-state index is -0.197. The fourth-order valence-corrected chi connectivity index (χ4v) is 2.95. The van der Waals surface area contributed by atoms with E-state index in [4.69, 9.17) is 18.9 Å². The standard InChI is InChI=1S/C21H26N2O5/c1-25-16-8-9-20(26-2)19(12-16)23-21(24)13-22-15-5-3-6-17(11-15)28-14-18-7-4-10-27-18/h3,5-6,8-9,11-12,18,22H,4,7,10,13-14H2,1-2H3,(H,23,24)/t18-/m1/s1. The number of carbonyl (C=O) groups is 1. The first-order valence-corrected chi connectivity index (χ1v) is 9.28. The van der Waals surface area contributed by atoms with Gasteiger partial charge in [0, 0.05) is 24.4 Å². The summed E-state index contributed by atoms with van der Waals surface area (Å²) in [6.07, 6.45) is 2.29. The minimum Gasteiger partial charge on any atom is -0.497 e. The van der Waals surface area contributed by atoms with Crippen LogP contribution in [-0.2, 0) is 9.53 Å². The molecule has 1 fully saturated rings. The van der Waals surface area contributed by atoms with Crippen molar-refractivity contribution in [2.24, 2.45) is 0 Å². The average Bonchev–Trinajstić information content (AvgIpc) is 3.25. The molecule has 2 aromatic carbocycles. The van der Waals surface area contributed by atoms with Gasteiger partial charge in [-0.3, -0.25) is 4.79 Å². The Bertz CT molecular complexity index is 790. The third-order valence-electron chi connectivity index (χ3n) is 4.43. The third kappa shape index (κ3) is 5.53. The lowest BCUT2D eigenvalue weighted by Gasteiger charge is -2.14. The van der Waals surface area contributed by atoms with Crippen LogP contribution in [0.15, 0.2) is 42.5 Å². The number of hydrogen-bond donors (Lipinski definition) is 2. The van der Waals surface area contributed by atoms with E-state index >= 15 is 0 Å². The average molecular weight is 386 g/mol. The van der Waals surface area contributed by atoms with E-state index in [1.807, 2.05) is 24.3 Å². The summed E-state index contributed by atoms with van der Waals surface area (Å²) in [5.74, 6) is 1.76. The summed E-state index contributed by atoms with van der Waals surface area (Å²) < 4.78 is 21.8. The van der Waals surface area contributed by atoms with E-state index in [-0.39, 0.29) is 18.6 Å². The van der Waals surface area contributed by atoms with E-state index in [0.717, 1.165) is 30.9 Å². The lowest BCUT2D eigenvalue weighted by atomic mass is 10.2. The van der Waals surface area contributed by atoms with Gasteiger partial charge in [0.15, 0.2) is 0 Å². The van der Waals surface area contributed by atoms with E-state index < -0.39 is 0 Å². The Hall–Kier alpha value is -2.93. The Balaban J connectivity index is 1.52. The topological polar surface area (TPSA) is 78.1 Å². The molecule has 0 spiro atoms. The maximum atomic E-state index is 12.3. The molecule has 2 aromatic rings. The number of methoxy groups -OCH3 is 2. The highest BCUT2D eigenvalue weighted by Crippen LogP contribution is 2.28. The molecule has 1 atom stereocenters. The number of benzene rings is 2. The maximum absolute atomic E-state index is 12.3. The highest BCUT2D eigenvalue weighted by Gasteiger charge is 2.16. The Labute approximate surface area is 164 Å². The number of nitrogens with one attached hydrogen (secondary N) is 2. The SMILES string of the molecule is COc1ccc(OC)c(NC(=O)CNc2cccc(OC[C@H]3CCCO3)c2)c1. The van der Waals surface area contributed by atoms with Crippen molar-refractivity contribution in [3.8, 4) is 17.2 Å². The van der Waals surface area contributed by atoms with Gasteiger partial charge in [0.1, 0.15) is 23.9 Å². The summed E-state index contributed by atoms with van der Waals surface area (Å²) >= 11 is 0. The van der Waals surface area contributed by atoms with Gasteiger partial charge in [-0.05, 0) is 37.1 Å². The smallest absolute Gasteiger partial charge is 0.243 e. The van der Waals surface area contributed by atoms with Crippen LogP contribution >= 0.6 is 0 Å². The number of anilines is 2. The molecule has 150 valence electrons. The van der Waals surface area contributed by atoms with Crippen molar-refractivity contribution in [2.75, 3.05) is 44.6 Å². The quantitative estimate of drug-likeness (QED) is 0.688. The van der Waals surface area contributed by atoms with E-state index in [0.29, 0.717) is 23.8 Å². The number of amides is 1. The molecule has 1 saturated heterocycles. The van der Waals surface area contributed by atoms with Gasteiger partial charge in [0.2, 0.25) is 5.91 Å². The fourth-order valence-electron chi connectivity index (χ4n) is 2.95. The first kappa shape index (κ1) is 19.8. The molecule has 0 bridgehead atoms. The fraction of sp³-hybridized carbons (Fsp3) is 0.381. The van der Waals surface area contributed by atoms with Crippen LogP contribution < -0.4 is 24.8 Å². The lowest BCUT2D eigenvalue weighted by Crippen LogP contribution is -2.22. The molecule has 1 amide bonds. The van der Waals surface area contributed by atoms with Crippen molar-refractivity contribution >= 4 is 17.3 Å². The maximum Gasteiger partial charge on any atom is 0.243 e. The molecule has 0 aliphatic carbocycles. The second-order valence-electron chi connectivity index (χ2n) is 6.44. The van der Waals surface area contributed by atoms with Gasteiger partial charge in [-0.15, -0.1) is 0 Å². The minimum absolute atomic E-state index is 0.107. The van der Waals surface area contributed by atoms with Crippen LogP contribution in [0.1, 0.15) is 12.8 Å². The van der Waals surface area contributed by atoms with Crippen molar-refractivity contribution < 1.29 is 23.7 Å². The molecule has 0 unspecified atom stereocenters. The normalized spacial score (nSPS) is 15.7. The molecular weight excluding hydrogens is 360 g/mol. The van der Waals surface area contributed by atoms with Crippen LogP contribution in [0.3, 0.4) is 0 Å². The Morgan fingerprint density at radius 3 is 2.79 bits per heavy atom. The number of ether oxygens (including phenoxy) is 4.